The summed E-state index contributed by atoms with van der Waals surface area (Å²) in [6.07, 6.45) is 6.81. The van der Waals surface area contributed by atoms with Crippen LogP contribution in [0, 0.1) is 11.8 Å². The molecule has 2 heterocycles. The lowest BCUT2D eigenvalue weighted by Crippen LogP contribution is -2.47. The number of nitrogens with one attached hydrogen (secondary N) is 1. The Bertz CT molecular complexity index is 651. The van der Waals surface area contributed by atoms with Crippen LogP contribution in [-0.4, -0.2) is 42.3 Å². The van der Waals surface area contributed by atoms with Crippen LogP contribution in [0.3, 0.4) is 0 Å². The van der Waals surface area contributed by atoms with Gasteiger partial charge in [-0.2, -0.15) is 0 Å². The molecule has 2 saturated heterocycles. The van der Waals surface area contributed by atoms with Gasteiger partial charge in [0.05, 0.1) is 6.04 Å². The van der Waals surface area contributed by atoms with Crippen molar-refractivity contribution < 1.29 is 9.59 Å². The number of nitrogens with zero attached hydrogens (tertiary/aromatic N) is 1. The van der Waals surface area contributed by atoms with Crippen LogP contribution >= 0.6 is 0 Å². The molecule has 134 valence electrons. The predicted octanol–water partition coefficient (Wildman–Crippen LogP) is 2.35. The van der Waals surface area contributed by atoms with E-state index in [1.807, 2.05) is 4.90 Å². The van der Waals surface area contributed by atoms with Crippen LogP contribution in [0.5, 0.6) is 0 Å². The van der Waals surface area contributed by atoms with Gasteiger partial charge in [-0.05, 0) is 62.1 Å². The average molecular weight is 340 g/mol. The lowest BCUT2D eigenvalue weighted by atomic mass is 9.79. The molecule has 3 atom stereocenters. The fourth-order valence-corrected chi connectivity index (χ4v) is 4.83. The molecule has 0 aromatic heterocycles. The summed E-state index contributed by atoms with van der Waals surface area (Å²) in [5.41, 5.74) is 2.84. The molecule has 1 aromatic carbocycles. The summed E-state index contributed by atoms with van der Waals surface area (Å²) in [6, 6.07) is 8.32. The molecule has 25 heavy (non-hydrogen) atoms. The predicted molar refractivity (Wildman–Crippen MR) is 97.3 cm³/mol. The van der Waals surface area contributed by atoms with Gasteiger partial charge in [0.25, 0.3) is 0 Å². The topological polar surface area (TPSA) is 49.4 Å². The number of hydrogen-bond donors (Lipinski definition) is 1. The number of carbonyl (C=O) groups is 2. The molecule has 4 heteroatoms. The lowest BCUT2D eigenvalue weighted by molar-refractivity contribution is -0.136. The molecule has 1 amide bonds. The molecule has 0 bridgehead atoms. The van der Waals surface area contributed by atoms with Gasteiger partial charge in [-0.15, -0.1) is 0 Å². The number of carbonyl (C=O) groups excluding carboxylic acids is 2. The minimum absolute atomic E-state index is 0.120. The Morgan fingerprint density at radius 2 is 1.84 bits per heavy atom. The van der Waals surface area contributed by atoms with Crippen LogP contribution in [0.2, 0.25) is 0 Å². The number of amides is 1. The van der Waals surface area contributed by atoms with Crippen molar-refractivity contribution in [2.75, 3.05) is 19.6 Å². The van der Waals surface area contributed by atoms with E-state index < -0.39 is 0 Å². The summed E-state index contributed by atoms with van der Waals surface area (Å²) >= 11 is 0. The zero-order valence-corrected chi connectivity index (χ0v) is 14.9. The van der Waals surface area contributed by atoms with Crippen molar-refractivity contribution in [2.24, 2.45) is 11.8 Å². The number of ketones is 1. The fraction of sp³-hybridized carbons (Fsp3) is 0.619. The minimum atomic E-state index is -0.276. The summed E-state index contributed by atoms with van der Waals surface area (Å²) in [5, 5.41) is 3.31. The van der Waals surface area contributed by atoms with Crippen molar-refractivity contribution in [3.8, 4) is 0 Å². The van der Waals surface area contributed by atoms with E-state index >= 15 is 0 Å². The standard InChI is InChI=1S/C21H28N2O2/c24-19(14-15-7-8-16-5-1-2-6-17(16)13-15)18-9-10-22-20(18)21(25)23-11-3-4-12-23/h1-2,5-6,15,18,20,22H,3-4,7-14H2/t15-,18?,20-/m1/s1. The smallest absolute Gasteiger partial charge is 0.240 e. The first-order valence-electron chi connectivity index (χ1n) is 9.84. The molecule has 0 spiro atoms. The van der Waals surface area contributed by atoms with Crippen molar-refractivity contribution in [1.82, 2.24) is 10.2 Å². The Morgan fingerprint density at radius 3 is 2.64 bits per heavy atom. The molecule has 3 aliphatic rings. The van der Waals surface area contributed by atoms with E-state index in [4.69, 9.17) is 0 Å². The van der Waals surface area contributed by atoms with E-state index in [1.54, 1.807) is 0 Å². The quantitative estimate of drug-likeness (QED) is 0.915. The van der Waals surface area contributed by atoms with E-state index in [0.29, 0.717) is 18.1 Å². The Hall–Kier alpha value is -1.68. The fourth-order valence-electron chi connectivity index (χ4n) is 4.83. The zero-order chi connectivity index (χ0) is 17.2. The maximum atomic E-state index is 12.9. The summed E-state index contributed by atoms with van der Waals surface area (Å²) in [4.78, 5) is 27.6. The van der Waals surface area contributed by atoms with Crippen molar-refractivity contribution in [1.29, 1.82) is 0 Å². The number of benzene rings is 1. The third kappa shape index (κ3) is 3.50. The van der Waals surface area contributed by atoms with Crippen LogP contribution in [0.15, 0.2) is 24.3 Å². The highest BCUT2D eigenvalue weighted by Crippen LogP contribution is 2.30. The number of likely N-dealkylation sites (tertiary alicyclic amines) is 1. The van der Waals surface area contributed by atoms with Gasteiger partial charge in [-0.1, -0.05) is 24.3 Å². The van der Waals surface area contributed by atoms with Crippen molar-refractivity contribution >= 4 is 11.7 Å². The highest BCUT2D eigenvalue weighted by atomic mass is 16.2. The van der Waals surface area contributed by atoms with Gasteiger partial charge >= 0.3 is 0 Å². The average Bonchev–Trinajstić information content (AvgIpc) is 3.33. The molecule has 0 saturated carbocycles. The van der Waals surface area contributed by atoms with Gasteiger partial charge in [0.2, 0.25) is 5.91 Å². The Kier molecular flexibility index (Phi) is 4.89. The second-order valence-electron chi connectivity index (χ2n) is 7.91. The van der Waals surface area contributed by atoms with Crippen molar-refractivity contribution in [2.45, 2.75) is 51.0 Å². The molecule has 1 N–H and O–H groups in total. The molecule has 1 aromatic rings. The van der Waals surface area contributed by atoms with Crippen LogP contribution in [-0.2, 0) is 22.4 Å². The van der Waals surface area contributed by atoms with Crippen molar-refractivity contribution in [3.63, 3.8) is 0 Å². The second-order valence-corrected chi connectivity index (χ2v) is 7.91. The number of fused-ring (bicyclic) bond motifs is 1. The van der Waals surface area contributed by atoms with Crippen LogP contribution in [0.25, 0.3) is 0 Å². The van der Waals surface area contributed by atoms with Crippen LogP contribution in [0.1, 0.15) is 43.2 Å². The molecule has 4 nitrogen and oxygen atoms in total. The Morgan fingerprint density at radius 1 is 1.08 bits per heavy atom. The van der Waals surface area contributed by atoms with E-state index in [0.717, 1.165) is 58.2 Å². The second kappa shape index (κ2) is 7.28. The summed E-state index contributed by atoms with van der Waals surface area (Å²) in [7, 11) is 0. The minimum Gasteiger partial charge on any atom is -0.341 e. The summed E-state index contributed by atoms with van der Waals surface area (Å²) in [5.74, 6) is 0.769. The monoisotopic (exact) mass is 340 g/mol. The maximum absolute atomic E-state index is 12.9. The van der Waals surface area contributed by atoms with Gasteiger partial charge < -0.3 is 10.2 Å². The van der Waals surface area contributed by atoms with Gasteiger partial charge in [0.1, 0.15) is 5.78 Å². The van der Waals surface area contributed by atoms with Gasteiger partial charge in [-0.25, -0.2) is 0 Å². The SMILES string of the molecule is O=C(C[C@@H]1CCc2ccccc2C1)C1CCN[C@H]1C(=O)N1CCCC1. The largest absolute Gasteiger partial charge is 0.341 e. The summed E-state index contributed by atoms with van der Waals surface area (Å²) < 4.78 is 0. The third-order valence-corrected chi connectivity index (χ3v) is 6.26. The van der Waals surface area contributed by atoms with E-state index in [1.165, 1.54) is 11.1 Å². The third-order valence-electron chi connectivity index (χ3n) is 6.26. The number of Topliss-reactive ketones (excluding diaryl/α,β-unsaturated/α-hetero) is 1. The number of rotatable bonds is 4. The van der Waals surface area contributed by atoms with Crippen LogP contribution in [0.4, 0.5) is 0 Å². The molecule has 2 fully saturated rings. The number of hydrogen-bond acceptors (Lipinski definition) is 3. The molecule has 1 unspecified atom stereocenters. The zero-order valence-electron chi connectivity index (χ0n) is 14.9. The first kappa shape index (κ1) is 16.8. The molecule has 0 radical (unpaired) electrons. The van der Waals surface area contributed by atoms with Gasteiger partial charge in [0, 0.05) is 25.4 Å². The van der Waals surface area contributed by atoms with E-state index in [-0.39, 0.29) is 17.9 Å². The Balaban J connectivity index is 1.38. The molecule has 1 aliphatic carbocycles. The summed E-state index contributed by atoms with van der Waals surface area (Å²) in [6.45, 7) is 2.50. The highest BCUT2D eigenvalue weighted by Gasteiger charge is 2.40. The lowest BCUT2D eigenvalue weighted by Gasteiger charge is -2.27. The van der Waals surface area contributed by atoms with Crippen molar-refractivity contribution in [3.05, 3.63) is 35.4 Å². The molecular weight excluding hydrogens is 312 g/mol. The molecule has 2 aliphatic heterocycles. The van der Waals surface area contributed by atoms with Gasteiger partial charge in [0.15, 0.2) is 0 Å². The van der Waals surface area contributed by atoms with Gasteiger partial charge in [-0.3, -0.25) is 9.59 Å². The number of aryl methyl sites for hydroxylation is 1. The molecule has 4 rings (SSSR count). The molecular formula is C21H28N2O2. The van der Waals surface area contributed by atoms with Crippen LogP contribution < -0.4 is 5.32 Å². The Labute approximate surface area is 150 Å². The van der Waals surface area contributed by atoms with E-state index in [2.05, 4.69) is 29.6 Å². The van der Waals surface area contributed by atoms with E-state index in [9.17, 15) is 9.59 Å². The normalized spacial score (nSPS) is 28.8. The maximum Gasteiger partial charge on any atom is 0.240 e. The highest BCUT2D eigenvalue weighted by molar-refractivity contribution is 5.92. The first-order chi connectivity index (χ1) is 12.2. The first-order valence-corrected chi connectivity index (χ1v) is 9.84.